The Morgan fingerprint density at radius 1 is 1.48 bits per heavy atom. The maximum Gasteiger partial charge on any atom is 0.356 e. The molecule has 8 nitrogen and oxygen atoms in total. The minimum absolute atomic E-state index is 0. The highest BCUT2D eigenvalue weighted by Crippen LogP contribution is 2.43. The smallest absolute Gasteiger partial charge is 0.356 e. The van der Waals surface area contributed by atoms with E-state index in [1.165, 1.54) is 52.7 Å². The van der Waals surface area contributed by atoms with Gasteiger partial charge >= 0.3 is 5.97 Å². The number of β-lactam (4-membered cyclic amide) rings is 1. The third kappa shape index (κ3) is 4.13. The van der Waals surface area contributed by atoms with Crippen LogP contribution in [0.2, 0.25) is 0 Å². The molecule has 0 bridgehead atoms. The largest absolute Gasteiger partial charge is 0.456 e. The molecule has 1 aromatic carbocycles. The first-order valence-electron chi connectivity index (χ1n) is 7.55. The van der Waals surface area contributed by atoms with E-state index in [1.54, 1.807) is 5.41 Å². The quantitative estimate of drug-likeness (QED) is 0.317. The normalized spacial score (nSPS) is 20.9. The van der Waals surface area contributed by atoms with Crippen molar-refractivity contribution in [2.75, 3.05) is 5.75 Å². The van der Waals surface area contributed by atoms with E-state index >= 15 is 0 Å². The number of carbonyl (C=O) groups is 2. The van der Waals surface area contributed by atoms with Gasteiger partial charge in [0, 0.05) is 22.8 Å². The minimum atomic E-state index is -0.627. The van der Waals surface area contributed by atoms with E-state index in [-0.39, 0.29) is 41.7 Å². The number of nitro benzene ring substituents is 1. The molecule has 1 saturated heterocycles. The highest BCUT2D eigenvalue weighted by atomic mass is 35.5. The Balaban J connectivity index is 0.00000261. The highest BCUT2D eigenvalue weighted by molar-refractivity contribution is 8.08. The fourth-order valence-corrected chi connectivity index (χ4v) is 4.71. The van der Waals surface area contributed by atoms with Crippen LogP contribution in [-0.2, 0) is 20.9 Å². The number of benzene rings is 1. The van der Waals surface area contributed by atoms with Gasteiger partial charge in [-0.25, -0.2) is 4.79 Å². The predicted molar refractivity (Wildman–Crippen MR) is 106 cm³/mol. The van der Waals surface area contributed by atoms with Crippen LogP contribution >= 0.6 is 35.9 Å². The number of thioether (sulfide) groups is 2. The van der Waals surface area contributed by atoms with Crippen LogP contribution in [0, 0.1) is 10.1 Å². The molecule has 3 rings (SSSR count). The summed E-state index contributed by atoms with van der Waals surface area (Å²) in [4.78, 5) is 36.9. The number of ether oxygens (including phenoxy) is 1. The first-order chi connectivity index (χ1) is 12.4. The molecule has 2 heterocycles. The van der Waals surface area contributed by atoms with Crippen LogP contribution in [0.5, 0.6) is 0 Å². The summed E-state index contributed by atoms with van der Waals surface area (Å²) in [6, 6.07) is 5.10. The number of hydrogen-bond donors (Lipinski definition) is 1. The zero-order valence-corrected chi connectivity index (χ0v) is 16.4. The van der Waals surface area contributed by atoms with Crippen molar-refractivity contribution in [1.82, 2.24) is 4.90 Å². The van der Waals surface area contributed by atoms with Gasteiger partial charge in [-0.05, 0) is 23.1 Å². The molecule has 27 heavy (non-hydrogen) atoms. The number of fused-ring (bicyclic) bond motifs is 1. The van der Waals surface area contributed by atoms with Crippen LogP contribution in [0.15, 0.2) is 46.9 Å². The van der Waals surface area contributed by atoms with Gasteiger partial charge in [-0.3, -0.25) is 19.8 Å². The maximum atomic E-state index is 12.6. The molecule has 2 N–H and O–H groups in total. The fourth-order valence-electron chi connectivity index (χ4n) is 2.60. The number of nitrogens with two attached hydrogens (primary N) is 1. The predicted octanol–water partition coefficient (Wildman–Crippen LogP) is 2.39. The zero-order chi connectivity index (χ0) is 18.8. The topological polar surface area (TPSA) is 116 Å². The summed E-state index contributed by atoms with van der Waals surface area (Å²) in [5, 5.41) is 12.0. The van der Waals surface area contributed by atoms with E-state index in [9.17, 15) is 19.7 Å². The lowest BCUT2D eigenvalue weighted by Gasteiger charge is -2.48. The van der Waals surface area contributed by atoms with Gasteiger partial charge in [-0.2, -0.15) is 0 Å². The van der Waals surface area contributed by atoms with E-state index in [0.717, 1.165) is 0 Å². The number of non-ortho nitro benzene ring substituents is 1. The van der Waals surface area contributed by atoms with Gasteiger partial charge in [0.2, 0.25) is 5.91 Å². The first-order valence-corrected chi connectivity index (χ1v) is 9.48. The maximum absolute atomic E-state index is 12.6. The van der Waals surface area contributed by atoms with Crippen LogP contribution in [0.1, 0.15) is 5.56 Å². The van der Waals surface area contributed by atoms with E-state index in [2.05, 4.69) is 6.58 Å². The van der Waals surface area contributed by atoms with Crippen LogP contribution in [-0.4, -0.2) is 38.9 Å². The highest BCUT2D eigenvalue weighted by Gasteiger charge is 2.52. The van der Waals surface area contributed by atoms with Crippen molar-refractivity contribution in [2.24, 2.45) is 5.73 Å². The number of hydrogen-bond acceptors (Lipinski definition) is 8. The van der Waals surface area contributed by atoms with Crippen molar-refractivity contribution in [3.63, 3.8) is 0 Å². The van der Waals surface area contributed by atoms with Gasteiger partial charge in [0.1, 0.15) is 23.7 Å². The number of esters is 1. The van der Waals surface area contributed by atoms with Gasteiger partial charge in [0.25, 0.3) is 5.69 Å². The van der Waals surface area contributed by atoms with Gasteiger partial charge in [0.15, 0.2) is 0 Å². The summed E-state index contributed by atoms with van der Waals surface area (Å²) in [5.41, 5.74) is 6.56. The molecule has 2 atom stereocenters. The Morgan fingerprint density at radius 3 is 2.74 bits per heavy atom. The molecular formula is C16H16ClN3O5S2. The summed E-state index contributed by atoms with van der Waals surface area (Å²) in [7, 11) is 0. The average molecular weight is 430 g/mol. The third-order valence-corrected chi connectivity index (χ3v) is 6.18. The second-order valence-corrected chi connectivity index (χ2v) is 7.66. The Kier molecular flexibility index (Phi) is 6.93. The molecule has 0 aliphatic carbocycles. The Bertz CT molecular complexity index is 815. The third-order valence-electron chi connectivity index (χ3n) is 3.91. The number of amides is 1. The van der Waals surface area contributed by atoms with Gasteiger partial charge in [0.05, 0.1) is 4.92 Å². The lowest BCUT2D eigenvalue weighted by Crippen LogP contribution is -2.68. The molecule has 144 valence electrons. The van der Waals surface area contributed by atoms with Crippen LogP contribution < -0.4 is 5.73 Å². The molecule has 0 radical (unpaired) electrons. The lowest BCUT2D eigenvalue weighted by molar-refractivity contribution is -0.384. The lowest BCUT2D eigenvalue weighted by atomic mass is 10.1. The van der Waals surface area contributed by atoms with Crippen LogP contribution in [0.25, 0.3) is 0 Å². The molecule has 1 amide bonds. The minimum Gasteiger partial charge on any atom is -0.456 e. The average Bonchev–Trinajstić information content (AvgIpc) is 2.65. The number of nitrogens with zero attached hydrogens (tertiary/aromatic N) is 2. The standard InChI is InChI=1S/C16H15N3O5S2.ClH/c1-2-25-11-8-26-15-12(17)14(20)18(15)13(11)16(21)24-7-9-3-5-10(6-4-9)19(22)23;/h2-6,12,15H,1,7-8,17H2;1H/t12?,15-;/m0./s1. The second-order valence-electron chi connectivity index (χ2n) is 5.49. The molecule has 0 aromatic heterocycles. The zero-order valence-electron chi connectivity index (χ0n) is 13.9. The Morgan fingerprint density at radius 2 is 2.15 bits per heavy atom. The number of rotatable bonds is 6. The van der Waals surface area contributed by atoms with Gasteiger partial charge < -0.3 is 10.5 Å². The molecule has 11 heteroatoms. The molecule has 1 fully saturated rings. The fraction of sp³-hybridized carbons (Fsp3) is 0.250. The van der Waals surface area contributed by atoms with E-state index < -0.39 is 16.9 Å². The summed E-state index contributed by atoms with van der Waals surface area (Å²) in [5.74, 6) is -0.397. The molecular weight excluding hydrogens is 414 g/mol. The molecule has 2 aliphatic rings. The molecule has 0 saturated carbocycles. The van der Waals surface area contributed by atoms with Crippen molar-refractivity contribution < 1.29 is 19.2 Å². The monoisotopic (exact) mass is 429 g/mol. The SMILES string of the molecule is C=CSC1=C(C(=O)OCc2ccc([N+](=O)[O-])cc2)N2C(=O)C(N)[C@@H]2SC1.Cl. The van der Waals surface area contributed by atoms with Crippen molar-refractivity contribution in [1.29, 1.82) is 0 Å². The summed E-state index contributed by atoms with van der Waals surface area (Å²) in [6.45, 7) is 3.59. The van der Waals surface area contributed by atoms with E-state index in [0.29, 0.717) is 16.2 Å². The molecule has 2 aliphatic heterocycles. The summed E-state index contributed by atoms with van der Waals surface area (Å²) < 4.78 is 5.32. The van der Waals surface area contributed by atoms with Gasteiger partial charge in [-0.1, -0.05) is 18.3 Å². The van der Waals surface area contributed by atoms with E-state index in [1.807, 2.05) is 0 Å². The second kappa shape index (κ2) is 8.79. The molecule has 0 spiro atoms. The van der Waals surface area contributed by atoms with Crippen molar-refractivity contribution in [2.45, 2.75) is 18.0 Å². The van der Waals surface area contributed by atoms with Crippen molar-refractivity contribution >= 4 is 53.5 Å². The Hall–Kier alpha value is -2.01. The summed E-state index contributed by atoms with van der Waals surface area (Å²) >= 11 is 2.77. The number of nitro groups is 1. The molecule has 1 unspecified atom stereocenters. The first kappa shape index (κ1) is 21.3. The molecule has 1 aromatic rings. The van der Waals surface area contributed by atoms with Crippen LogP contribution in [0.3, 0.4) is 0 Å². The Labute approximate surface area is 169 Å². The van der Waals surface area contributed by atoms with Crippen molar-refractivity contribution in [3.8, 4) is 0 Å². The number of carbonyl (C=O) groups excluding carboxylic acids is 2. The van der Waals surface area contributed by atoms with E-state index in [4.69, 9.17) is 10.5 Å². The van der Waals surface area contributed by atoms with Gasteiger partial charge in [-0.15, -0.1) is 24.2 Å². The summed E-state index contributed by atoms with van der Waals surface area (Å²) in [6.07, 6.45) is 0. The van der Waals surface area contributed by atoms with Crippen LogP contribution in [0.4, 0.5) is 5.69 Å². The number of halogens is 1. The van der Waals surface area contributed by atoms with Crippen molar-refractivity contribution in [3.05, 3.63) is 62.5 Å².